The number of aromatic nitrogens is 1. The summed E-state index contributed by atoms with van der Waals surface area (Å²) in [5.41, 5.74) is 0.526. The van der Waals surface area contributed by atoms with Crippen LogP contribution in [0, 0.1) is 11.3 Å². The van der Waals surface area contributed by atoms with Crippen molar-refractivity contribution in [3.8, 4) is 0 Å². The van der Waals surface area contributed by atoms with E-state index in [-0.39, 0.29) is 0 Å². The van der Waals surface area contributed by atoms with E-state index in [1.807, 2.05) is 6.20 Å². The standard InChI is InChI=1S/C13H22N2S/c1-10-8-13(2,3)9-11(10)14-5-4-12-15-6-7-16-12/h6-7,10-11,14H,4-5,8-9H2,1-3H3/t10-,11-/m0/s1. The summed E-state index contributed by atoms with van der Waals surface area (Å²) in [6.45, 7) is 8.20. The summed E-state index contributed by atoms with van der Waals surface area (Å²) in [7, 11) is 0. The van der Waals surface area contributed by atoms with Gasteiger partial charge in [-0.05, 0) is 24.2 Å². The van der Waals surface area contributed by atoms with Crippen LogP contribution in [0.15, 0.2) is 11.6 Å². The van der Waals surface area contributed by atoms with E-state index in [2.05, 4.69) is 36.5 Å². The second-order valence-corrected chi connectivity index (χ2v) is 6.77. The van der Waals surface area contributed by atoms with Gasteiger partial charge in [0, 0.05) is 30.6 Å². The van der Waals surface area contributed by atoms with E-state index in [4.69, 9.17) is 0 Å². The van der Waals surface area contributed by atoms with E-state index in [1.165, 1.54) is 17.8 Å². The van der Waals surface area contributed by atoms with Crippen LogP contribution in [0.2, 0.25) is 0 Å². The molecule has 3 heteroatoms. The van der Waals surface area contributed by atoms with Crippen LogP contribution in [0.3, 0.4) is 0 Å². The van der Waals surface area contributed by atoms with E-state index >= 15 is 0 Å². The molecule has 1 aromatic rings. The predicted octanol–water partition coefficient (Wildman–Crippen LogP) is 3.10. The molecule has 1 heterocycles. The van der Waals surface area contributed by atoms with Gasteiger partial charge in [0.2, 0.25) is 0 Å². The lowest BCUT2D eigenvalue weighted by Gasteiger charge is -2.18. The highest BCUT2D eigenvalue weighted by Crippen LogP contribution is 2.40. The average molecular weight is 238 g/mol. The van der Waals surface area contributed by atoms with Crippen molar-refractivity contribution >= 4 is 11.3 Å². The van der Waals surface area contributed by atoms with Crippen LogP contribution >= 0.6 is 11.3 Å². The Labute approximate surface area is 102 Å². The van der Waals surface area contributed by atoms with Crippen molar-refractivity contribution < 1.29 is 0 Å². The Morgan fingerprint density at radius 2 is 2.31 bits per heavy atom. The number of rotatable bonds is 4. The predicted molar refractivity (Wildman–Crippen MR) is 69.8 cm³/mol. The lowest BCUT2D eigenvalue weighted by Crippen LogP contribution is -2.33. The van der Waals surface area contributed by atoms with Crippen LogP contribution in [0.4, 0.5) is 0 Å². The molecule has 0 aliphatic heterocycles. The third kappa shape index (κ3) is 3.05. The van der Waals surface area contributed by atoms with Gasteiger partial charge in [-0.1, -0.05) is 20.8 Å². The Balaban J connectivity index is 1.74. The topological polar surface area (TPSA) is 24.9 Å². The number of nitrogens with zero attached hydrogens (tertiary/aromatic N) is 1. The normalized spacial score (nSPS) is 28.4. The fraction of sp³-hybridized carbons (Fsp3) is 0.769. The lowest BCUT2D eigenvalue weighted by molar-refractivity contribution is 0.362. The van der Waals surface area contributed by atoms with E-state index < -0.39 is 0 Å². The Kier molecular flexibility index (Phi) is 3.65. The largest absolute Gasteiger partial charge is 0.313 e. The molecule has 1 aliphatic carbocycles. The van der Waals surface area contributed by atoms with Crippen molar-refractivity contribution in [1.82, 2.24) is 10.3 Å². The zero-order valence-corrected chi connectivity index (χ0v) is 11.3. The van der Waals surface area contributed by atoms with Crippen LogP contribution in [0.5, 0.6) is 0 Å². The lowest BCUT2D eigenvalue weighted by atomic mass is 9.91. The van der Waals surface area contributed by atoms with Gasteiger partial charge in [-0.25, -0.2) is 4.98 Å². The van der Waals surface area contributed by atoms with Crippen LogP contribution in [0.1, 0.15) is 38.6 Å². The van der Waals surface area contributed by atoms with Crippen LogP contribution in [0.25, 0.3) is 0 Å². The van der Waals surface area contributed by atoms with Gasteiger partial charge < -0.3 is 5.32 Å². The Morgan fingerprint density at radius 1 is 1.50 bits per heavy atom. The number of thiazole rings is 1. The molecule has 1 saturated carbocycles. The van der Waals surface area contributed by atoms with Crippen molar-refractivity contribution in [3.63, 3.8) is 0 Å². The highest BCUT2D eigenvalue weighted by atomic mass is 32.1. The smallest absolute Gasteiger partial charge is 0.0937 e. The van der Waals surface area contributed by atoms with E-state index in [0.29, 0.717) is 11.5 Å². The highest BCUT2D eigenvalue weighted by Gasteiger charge is 2.35. The highest BCUT2D eigenvalue weighted by molar-refractivity contribution is 7.09. The minimum atomic E-state index is 0.526. The maximum atomic E-state index is 4.31. The fourth-order valence-electron chi connectivity index (χ4n) is 2.91. The Morgan fingerprint density at radius 3 is 2.88 bits per heavy atom. The monoisotopic (exact) mass is 238 g/mol. The third-order valence-corrected chi connectivity index (χ3v) is 4.40. The van der Waals surface area contributed by atoms with Crippen molar-refractivity contribution in [2.45, 2.75) is 46.1 Å². The summed E-state index contributed by atoms with van der Waals surface area (Å²) >= 11 is 1.75. The molecule has 0 bridgehead atoms. The SMILES string of the molecule is C[C@H]1CC(C)(C)C[C@@H]1NCCc1nccs1. The van der Waals surface area contributed by atoms with E-state index in [1.54, 1.807) is 11.3 Å². The first-order chi connectivity index (χ1) is 7.57. The quantitative estimate of drug-likeness (QED) is 0.872. The average Bonchev–Trinajstić information content (AvgIpc) is 2.75. The first kappa shape index (κ1) is 12.1. The number of hydrogen-bond donors (Lipinski definition) is 1. The molecular weight excluding hydrogens is 216 g/mol. The van der Waals surface area contributed by atoms with Gasteiger partial charge in [-0.3, -0.25) is 0 Å². The molecule has 16 heavy (non-hydrogen) atoms. The molecule has 1 fully saturated rings. The zero-order valence-electron chi connectivity index (χ0n) is 10.5. The zero-order chi connectivity index (χ0) is 11.6. The Hall–Kier alpha value is -0.410. The van der Waals surface area contributed by atoms with E-state index in [9.17, 15) is 0 Å². The molecule has 0 amide bonds. The maximum Gasteiger partial charge on any atom is 0.0937 e. The minimum absolute atomic E-state index is 0.526. The molecule has 1 N–H and O–H groups in total. The van der Waals surface area contributed by atoms with Crippen molar-refractivity contribution in [3.05, 3.63) is 16.6 Å². The molecular formula is C13H22N2S. The first-order valence-corrected chi connectivity index (χ1v) is 7.06. The number of hydrogen-bond acceptors (Lipinski definition) is 3. The van der Waals surface area contributed by atoms with Gasteiger partial charge in [-0.2, -0.15) is 0 Å². The van der Waals surface area contributed by atoms with E-state index in [0.717, 1.165) is 18.9 Å². The van der Waals surface area contributed by atoms with Gasteiger partial charge in [0.15, 0.2) is 0 Å². The first-order valence-electron chi connectivity index (χ1n) is 6.19. The number of nitrogens with one attached hydrogen (secondary N) is 1. The Bertz CT molecular complexity index is 319. The minimum Gasteiger partial charge on any atom is -0.313 e. The molecule has 2 rings (SSSR count). The van der Waals surface area contributed by atoms with Gasteiger partial charge in [0.25, 0.3) is 0 Å². The molecule has 0 spiro atoms. The summed E-state index contributed by atoms with van der Waals surface area (Å²) < 4.78 is 0. The molecule has 0 aromatic carbocycles. The van der Waals surface area contributed by atoms with Gasteiger partial charge >= 0.3 is 0 Å². The maximum absolute atomic E-state index is 4.31. The van der Waals surface area contributed by atoms with Gasteiger partial charge in [0.05, 0.1) is 5.01 Å². The van der Waals surface area contributed by atoms with Crippen molar-refractivity contribution in [2.75, 3.05) is 6.54 Å². The van der Waals surface area contributed by atoms with Crippen LogP contribution in [-0.4, -0.2) is 17.6 Å². The molecule has 1 aromatic heterocycles. The van der Waals surface area contributed by atoms with Crippen LogP contribution < -0.4 is 5.32 Å². The van der Waals surface area contributed by atoms with Crippen LogP contribution in [-0.2, 0) is 6.42 Å². The van der Waals surface area contributed by atoms with Gasteiger partial charge in [0.1, 0.15) is 0 Å². The summed E-state index contributed by atoms with van der Waals surface area (Å²) in [4.78, 5) is 4.31. The molecule has 0 unspecified atom stereocenters. The molecule has 1 aliphatic rings. The molecule has 2 nitrogen and oxygen atoms in total. The third-order valence-electron chi connectivity index (χ3n) is 3.56. The fourth-order valence-corrected chi connectivity index (χ4v) is 3.53. The van der Waals surface area contributed by atoms with Gasteiger partial charge in [-0.15, -0.1) is 11.3 Å². The second-order valence-electron chi connectivity index (χ2n) is 5.79. The molecule has 0 saturated heterocycles. The summed E-state index contributed by atoms with van der Waals surface area (Å²) in [6.07, 6.45) is 5.62. The second kappa shape index (κ2) is 4.84. The molecule has 2 atom stereocenters. The van der Waals surface area contributed by atoms with Crippen molar-refractivity contribution in [1.29, 1.82) is 0 Å². The molecule has 0 radical (unpaired) electrons. The molecule has 90 valence electrons. The summed E-state index contributed by atoms with van der Waals surface area (Å²) in [5, 5.41) is 6.99. The summed E-state index contributed by atoms with van der Waals surface area (Å²) in [6, 6.07) is 0.704. The van der Waals surface area contributed by atoms with Crippen molar-refractivity contribution in [2.24, 2.45) is 11.3 Å². The summed E-state index contributed by atoms with van der Waals surface area (Å²) in [5.74, 6) is 0.811.